The third-order valence-electron chi connectivity index (χ3n) is 4.12. The third kappa shape index (κ3) is 8.06. The van der Waals surface area contributed by atoms with Crippen molar-refractivity contribution in [1.82, 2.24) is 0 Å². The molecule has 0 saturated carbocycles. The lowest BCUT2D eigenvalue weighted by Gasteiger charge is -2.24. The van der Waals surface area contributed by atoms with Crippen molar-refractivity contribution < 1.29 is 9.84 Å². The fourth-order valence-electron chi connectivity index (χ4n) is 2.47. The Kier molecular flexibility index (Phi) is 9.43. The van der Waals surface area contributed by atoms with Crippen molar-refractivity contribution in [3.63, 3.8) is 0 Å². The average Bonchev–Trinajstić information content (AvgIpc) is 2.57. The number of aliphatic hydroxyl groups is 1. The Hall–Kier alpha value is -1.50. The van der Waals surface area contributed by atoms with Crippen LogP contribution in [0, 0.1) is 12.3 Å². The lowest BCUT2D eigenvalue weighted by molar-refractivity contribution is 0.190. The van der Waals surface area contributed by atoms with Crippen molar-refractivity contribution in [2.45, 2.75) is 63.8 Å². The largest absolute Gasteiger partial charge is 0.494 e. The molecule has 0 amide bonds. The highest BCUT2D eigenvalue weighted by molar-refractivity contribution is 5.27. The Labute approximate surface area is 141 Å². The Morgan fingerprint density at radius 2 is 1.87 bits per heavy atom. The van der Waals surface area contributed by atoms with Crippen molar-refractivity contribution in [2.24, 2.45) is 5.73 Å². The van der Waals surface area contributed by atoms with Crippen molar-refractivity contribution >= 4 is 0 Å². The minimum atomic E-state index is -0.678. The highest BCUT2D eigenvalue weighted by atomic mass is 16.5. The molecular formula is C20H31NO2. The van der Waals surface area contributed by atoms with E-state index in [0.717, 1.165) is 25.2 Å². The molecule has 128 valence electrons. The molecule has 0 heterocycles. The third-order valence-corrected chi connectivity index (χ3v) is 4.12. The molecule has 1 atom stereocenters. The van der Waals surface area contributed by atoms with E-state index in [1.807, 2.05) is 12.1 Å². The zero-order valence-electron chi connectivity index (χ0n) is 14.4. The smallest absolute Gasteiger partial charge is 0.119 e. The lowest BCUT2D eigenvalue weighted by Crippen LogP contribution is -2.43. The summed E-state index contributed by atoms with van der Waals surface area (Å²) in [5, 5.41) is 9.37. The first-order valence-corrected chi connectivity index (χ1v) is 8.68. The molecular weight excluding hydrogens is 286 g/mol. The fraction of sp³-hybridized carbons (Fsp3) is 0.600. The van der Waals surface area contributed by atoms with Crippen molar-refractivity contribution in [2.75, 3.05) is 13.2 Å². The summed E-state index contributed by atoms with van der Waals surface area (Å²) in [6, 6.07) is 8.11. The second-order valence-electron chi connectivity index (χ2n) is 6.31. The molecule has 1 aromatic rings. The standard InChI is InChI=1S/C20H31NO2/c1-3-5-6-7-8-16-23-19-11-9-18(10-12-19)13-15-20(21,17-22)14-4-2/h2,9-12,22H,3,5-8,13-17,21H2,1H3. The van der Waals surface area contributed by atoms with Gasteiger partial charge in [-0.05, 0) is 37.0 Å². The summed E-state index contributed by atoms with van der Waals surface area (Å²) in [6.45, 7) is 2.91. The van der Waals surface area contributed by atoms with E-state index in [1.165, 1.54) is 31.2 Å². The van der Waals surface area contributed by atoms with Gasteiger partial charge in [-0.25, -0.2) is 0 Å². The van der Waals surface area contributed by atoms with Gasteiger partial charge in [-0.15, -0.1) is 12.3 Å². The van der Waals surface area contributed by atoms with Gasteiger partial charge < -0.3 is 15.6 Å². The normalized spacial score (nSPS) is 13.3. The summed E-state index contributed by atoms with van der Waals surface area (Å²) in [7, 11) is 0. The topological polar surface area (TPSA) is 55.5 Å². The zero-order chi connectivity index (χ0) is 17.0. The maximum absolute atomic E-state index is 9.37. The Balaban J connectivity index is 2.32. The molecule has 1 unspecified atom stereocenters. The molecule has 0 saturated heterocycles. The van der Waals surface area contributed by atoms with Gasteiger partial charge in [0.2, 0.25) is 0 Å². The van der Waals surface area contributed by atoms with Crippen LogP contribution in [0.1, 0.15) is 57.4 Å². The van der Waals surface area contributed by atoms with Crippen LogP contribution in [0.2, 0.25) is 0 Å². The number of benzene rings is 1. The Bertz CT molecular complexity index is 464. The number of terminal acetylenes is 1. The van der Waals surface area contributed by atoms with E-state index in [9.17, 15) is 5.11 Å². The first-order valence-electron chi connectivity index (χ1n) is 8.68. The van der Waals surface area contributed by atoms with Gasteiger partial charge in [0.1, 0.15) is 5.75 Å². The molecule has 23 heavy (non-hydrogen) atoms. The molecule has 0 aliphatic heterocycles. The first-order chi connectivity index (χ1) is 11.1. The second kappa shape index (κ2) is 11.1. The van der Waals surface area contributed by atoms with Crippen molar-refractivity contribution in [3.8, 4) is 18.1 Å². The van der Waals surface area contributed by atoms with Crippen LogP contribution >= 0.6 is 0 Å². The number of hydrogen-bond donors (Lipinski definition) is 2. The van der Waals surface area contributed by atoms with Gasteiger partial charge >= 0.3 is 0 Å². The van der Waals surface area contributed by atoms with Crippen LogP contribution < -0.4 is 10.5 Å². The van der Waals surface area contributed by atoms with Crippen LogP contribution in [0.4, 0.5) is 0 Å². The van der Waals surface area contributed by atoms with Crippen molar-refractivity contribution in [1.29, 1.82) is 0 Å². The van der Waals surface area contributed by atoms with Crippen LogP contribution in [-0.2, 0) is 6.42 Å². The molecule has 0 aliphatic rings. The maximum Gasteiger partial charge on any atom is 0.119 e. The molecule has 0 radical (unpaired) electrons. The van der Waals surface area contributed by atoms with E-state index < -0.39 is 5.54 Å². The van der Waals surface area contributed by atoms with Crippen LogP contribution in [0.5, 0.6) is 5.75 Å². The van der Waals surface area contributed by atoms with Gasteiger partial charge in [0.05, 0.1) is 18.8 Å². The minimum absolute atomic E-state index is 0.0869. The highest BCUT2D eigenvalue weighted by Crippen LogP contribution is 2.18. The molecule has 0 bridgehead atoms. The number of nitrogens with two attached hydrogens (primary N) is 1. The summed E-state index contributed by atoms with van der Waals surface area (Å²) in [5.41, 5.74) is 6.59. The number of ether oxygens (including phenoxy) is 1. The molecule has 1 aromatic carbocycles. The van der Waals surface area contributed by atoms with Gasteiger partial charge in [0, 0.05) is 6.42 Å². The van der Waals surface area contributed by atoms with Gasteiger partial charge in [0.25, 0.3) is 0 Å². The monoisotopic (exact) mass is 317 g/mol. The summed E-state index contributed by atoms with van der Waals surface area (Å²) < 4.78 is 5.76. The summed E-state index contributed by atoms with van der Waals surface area (Å²) in [6.07, 6.45) is 13.4. The van der Waals surface area contributed by atoms with E-state index in [2.05, 4.69) is 25.0 Å². The van der Waals surface area contributed by atoms with Gasteiger partial charge in [-0.3, -0.25) is 0 Å². The van der Waals surface area contributed by atoms with Gasteiger partial charge in [0.15, 0.2) is 0 Å². The maximum atomic E-state index is 9.37. The van der Waals surface area contributed by atoms with E-state index in [0.29, 0.717) is 12.8 Å². The number of unbranched alkanes of at least 4 members (excludes halogenated alkanes) is 4. The predicted octanol–water partition coefficient (Wildman–Crippen LogP) is 3.68. The van der Waals surface area contributed by atoms with E-state index >= 15 is 0 Å². The molecule has 0 spiro atoms. The Morgan fingerprint density at radius 3 is 2.48 bits per heavy atom. The van der Waals surface area contributed by atoms with E-state index in [-0.39, 0.29) is 6.61 Å². The first kappa shape index (κ1) is 19.5. The van der Waals surface area contributed by atoms with Crippen LogP contribution in [0.3, 0.4) is 0 Å². The predicted molar refractivity (Wildman–Crippen MR) is 96.5 cm³/mol. The molecule has 0 aromatic heterocycles. The van der Waals surface area contributed by atoms with Crippen LogP contribution in [-0.4, -0.2) is 23.9 Å². The molecule has 1 rings (SSSR count). The van der Waals surface area contributed by atoms with Gasteiger partial charge in [-0.2, -0.15) is 0 Å². The summed E-state index contributed by atoms with van der Waals surface area (Å²) >= 11 is 0. The summed E-state index contributed by atoms with van der Waals surface area (Å²) in [5.74, 6) is 3.45. The molecule has 0 fully saturated rings. The number of aryl methyl sites for hydroxylation is 1. The second-order valence-corrected chi connectivity index (χ2v) is 6.31. The van der Waals surface area contributed by atoms with Crippen LogP contribution in [0.15, 0.2) is 24.3 Å². The summed E-state index contributed by atoms with van der Waals surface area (Å²) in [4.78, 5) is 0. The molecule has 3 heteroatoms. The molecule has 3 N–H and O–H groups in total. The number of rotatable bonds is 12. The number of hydrogen-bond acceptors (Lipinski definition) is 3. The molecule has 3 nitrogen and oxygen atoms in total. The van der Waals surface area contributed by atoms with E-state index in [4.69, 9.17) is 16.9 Å². The Morgan fingerprint density at radius 1 is 1.17 bits per heavy atom. The zero-order valence-corrected chi connectivity index (χ0v) is 14.4. The lowest BCUT2D eigenvalue weighted by atomic mass is 9.90. The van der Waals surface area contributed by atoms with Crippen molar-refractivity contribution in [3.05, 3.63) is 29.8 Å². The highest BCUT2D eigenvalue weighted by Gasteiger charge is 2.22. The average molecular weight is 317 g/mol. The van der Waals surface area contributed by atoms with Gasteiger partial charge in [-0.1, -0.05) is 44.7 Å². The minimum Gasteiger partial charge on any atom is -0.494 e. The quantitative estimate of drug-likeness (QED) is 0.457. The molecule has 0 aliphatic carbocycles. The van der Waals surface area contributed by atoms with Crippen LogP contribution in [0.25, 0.3) is 0 Å². The SMILES string of the molecule is C#CCC(N)(CO)CCc1ccc(OCCCCCCC)cc1. The number of aliphatic hydroxyl groups excluding tert-OH is 1. The van der Waals surface area contributed by atoms with E-state index in [1.54, 1.807) is 0 Å². The fourth-order valence-corrected chi connectivity index (χ4v) is 2.47.